The Morgan fingerprint density at radius 1 is 1.00 bits per heavy atom. The Hall–Kier alpha value is -2.06. The van der Waals surface area contributed by atoms with E-state index in [1.807, 2.05) is 0 Å². The van der Waals surface area contributed by atoms with Gasteiger partial charge in [0, 0.05) is 35.6 Å². The Balaban J connectivity index is 2.12. The molecule has 1 aromatic heterocycles. The monoisotopic (exact) mass is 306 g/mol. The number of nitrogens with zero attached hydrogens (tertiary/aromatic N) is 1. The van der Waals surface area contributed by atoms with E-state index in [2.05, 4.69) is 80.1 Å². The lowest BCUT2D eigenvalue weighted by molar-refractivity contribution is 0.619. The lowest BCUT2D eigenvalue weighted by atomic mass is 9.90. The highest BCUT2D eigenvalue weighted by atomic mass is 15.0. The van der Waals surface area contributed by atoms with Gasteiger partial charge in [0.25, 0.3) is 0 Å². The van der Waals surface area contributed by atoms with Gasteiger partial charge in [0.15, 0.2) is 0 Å². The van der Waals surface area contributed by atoms with Crippen LogP contribution in [0.5, 0.6) is 0 Å². The molecule has 3 aromatic rings. The largest absolute Gasteiger partial charge is 0.345 e. The zero-order valence-electron chi connectivity index (χ0n) is 14.3. The van der Waals surface area contributed by atoms with Crippen LogP contribution in [0.1, 0.15) is 49.4 Å². The van der Waals surface area contributed by atoms with Crippen molar-refractivity contribution in [2.75, 3.05) is 6.54 Å². The molecule has 0 amide bonds. The van der Waals surface area contributed by atoms with Crippen LogP contribution in [-0.2, 0) is 6.42 Å². The molecule has 0 fully saturated rings. The van der Waals surface area contributed by atoms with E-state index < -0.39 is 0 Å². The van der Waals surface area contributed by atoms with E-state index in [-0.39, 0.29) is 5.92 Å². The number of benzene rings is 2. The molecule has 1 atom stereocenters. The number of rotatable bonds is 5. The summed E-state index contributed by atoms with van der Waals surface area (Å²) in [4.78, 5) is 0. The zero-order chi connectivity index (χ0) is 16.4. The van der Waals surface area contributed by atoms with Gasteiger partial charge in [-0.3, -0.25) is 0 Å². The fourth-order valence-corrected chi connectivity index (χ4v) is 3.37. The highest BCUT2D eigenvalue weighted by molar-refractivity contribution is 5.85. The second-order valence-electron chi connectivity index (χ2n) is 6.49. The van der Waals surface area contributed by atoms with Gasteiger partial charge >= 0.3 is 0 Å². The van der Waals surface area contributed by atoms with Crippen LogP contribution in [0.15, 0.2) is 54.7 Å². The first kappa shape index (κ1) is 15.8. The lowest BCUT2D eigenvalue weighted by Gasteiger charge is -2.15. The number of hydrogen-bond acceptors (Lipinski definition) is 1. The summed E-state index contributed by atoms with van der Waals surface area (Å²) < 4.78 is 2.35. The van der Waals surface area contributed by atoms with E-state index in [1.54, 1.807) is 0 Å². The topological polar surface area (TPSA) is 30.9 Å². The minimum absolute atomic E-state index is 0.241. The van der Waals surface area contributed by atoms with Gasteiger partial charge in [-0.2, -0.15) is 0 Å². The van der Waals surface area contributed by atoms with Crippen LogP contribution in [0.25, 0.3) is 10.9 Å². The quantitative estimate of drug-likeness (QED) is 0.716. The van der Waals surface area contributed by atoms with Gasteiger partial charge in [-0.15, -0.1) is 0 Å². The highest BCUT2D eigenvalue weighted by Crippen LogP contribution is 2.33. The second kappa shape index (κ2) is 6.59. The maximum absolute atomic E-state index is 6.17. The molecule has 2 N–H and O–H groups in total. The van der Waals surface area contributed by atoms with Crippen LogP contribution in [0.3, 0.4) is 0 Å². The first-order valence-electron chi connectivity index (χ1n) is 8.54. The standard InChI is InChI=1S/C21H26N2/c1-4-16-9-11-17(12-10-16)19(13-22)20-14-23(15(2)3)21-8-6-5-7-18(20)21/h5-12,14-15,19H,4,13,22H2,1-3H3. The van der Waals surface area contributed by atoms with Gasteiger partial charge in [-0.1, -0.05) is 49.4 Å². The SMILES string of the molecule is CCc1ccc(C(CN)c2cn(C(C)C)c3ccccc23)cc1. The Morgan fingerprint density at radius 3 is 2.30 bits per heavy atom. The molecule has 2 nitrogen and oxygen atoms in total. The Labute approximate surface area is 138 Å². The molecule has 0 aliphatic heterocycles. The molecule has 0 bridgehead atoms. The fourth-order valence-electron chi connectivity index (χ4n) is 3.37. The van der Waals surface area contributed by atoms with Crippen LogP contribution >= 0.6 is 0 Å². The molecule has 2 aromatic carbocycles. The van der Waals surface area contributed by atoms with E-state index in [0.29, 0.717) is 12.6 Å². The highest BCUT2D eigenvalue weighted by Gasteiger charge is 2.19. The van der Waals surface area contributed by atoms with E-state index in [0.717, 1.165) is 6.42 Å². The number of aromatic nitrogens is 1. The Kier molecular flexibility index (Phi) is 4.53. The van der Waals surface area contributed by atoms with Gasteiger partial charge in [-0.25, -0.2) is 0 Å². The molecule has 0 saturated heterocycles. The van der Waals surface area contributed by atoms with E-state index >= 15 is 0 Å². The molecular formula is C21H26N2. The number of aryl methyl sites for hydroxylation is 1. The third kappa shape index (κ3) is 2.91. The molecule has 120 valence electrons. The first-order chi connectivity index (χ1) is 11.2. The molecule has 0 aliphatic carbocycles. The van der Waals surface area contributed by atoms with Gasteiger partial charge in [-0.05, 0) is 43.0 Å². The predicted octanol–water partition coefficient (Wildman–Crippen LogP) is 4.88. The number of para-hydroxylation sites is 1. The van der Waals surface area contributed by atoms with Gasteiger partial charge in [0.2, 0.25) is 0 Å². The smallest absolute Gasteiger partial charge is 0.0485 e. The van der Waals surface area contributed by atoms with E-state index in [9.17, 15) is 0 Å². The Morgan fingerprint density at radius 2 is 1.70 bits per heavy atom. The van der Waals surface area contributed by atoms with Crippen molar-refractivity contribution in [3.05, 3.63) is 71.4 Å². The van der Waals surface area contributed by atoms with Crippen molar-refractivity contribution in [1.82, 2.24) is 4.57 Å². The van der Waals surface area contributed by atoms with E-state index in [4.69, 9.17) is 5.73 Å². The first-order valence-corrected chi connectivity index (χ1v) is 8.54. The van der Waals surface area contributed by atoms with Crippen LogP contribution in [-0.4, -0.2) is 11.1 Å². The van der Waals surface area contributed by atoms with Crippen molar-refractivity contribution in [1.29, 1.82) is 0 Å². The molecule has 23 heavy (non-hydrogen) atoms. The van der Waals surface area contributed by atoms with Gasteiger partial charge in [0.05, 0.1) is 0 Å². The Bertz CT molecular complexity index is 781. The molecule has 0 saturated carbocycles. The molecule has 0 spiro atoms. The summed E-state index contributed by atoms with van der Waals surface area (Å²) in [5.74, 6) is 0.241. The summed E-state index contributed by atoms with van der Waals surface area (Å²) in [7, 11) is 0. The van der Waals surface area contributed by atoms with Gasteiger partial charge < -0.3 is 10.3 Å². The zero-order valence-corrected chi connectivity index (χ0v) is 14.3. The third-order valence-electron chi connectivity index (χ3n) is 4.73. The third-order valence-corrected chi connectivity index (χ3v) is 4.73. The number of hydrogen-bond donors (Lipinski definition) is 1. The normalized spacial score (nSPS) is 12.9. The summed E-state index contributed by atoms with van der Waals surface area (Å²) in [6.45, 7) is 7.26. The lowest BCUT2D eigenvalue weighted by Crippen LogP contribution is -2.13. The van der Waals surface area contributed by atoms with Crippen LogP contribution in [0.2, 0.25) is 0 Å². The van der Waals surface area contributed by atoms with Crippen LogP contribution in [0.4, 0.5) is 0 Å². The van der Waals surface area contributed by atoms with Crippen LogP contribution in [0, 0.1) is 0 Å². The van der Waals surface area contributed by atoms with Crippen molar-refractivity contribution in [3.63, 3.8) is 0 Å². The van der Waals surface area contributed by atoms with Crippen LogP contribution < -0.4 is 5.73 Å². The average Bonchev–Trinajstić information content (AvgIpc) is 2.96. The van der Waals surface area contributed by atoms with Crippen molar-refractivity contribution >= 4 is 10.9 Å². The minimum atomic E-state index is 0.241. The summed E-state index contributed by atoms with van der Waals surface area (Å²) in [5.41, 5.74) is 11.5. The molecule has 2 heteroatoms. The molecule has 1 unspecified atom stereocenters. The number of nitrogens with two attached hydrogens (primary N) is 1. The molecular weight excluding hydrogens is 280 g/mol. The molecule has 0 aliphatic rings. The van der Waals surface area contributed by atoms with Crippen molar-refractivity contribution in [2.45, 2.75) is 39.2 Å². The van der Waals surface area contributed by atoms with E-state index in [1.165, 1.54) is 27.6 Å². The summed E-state index contributed by atoms with van der Waals surface area (Å²) in [6, 6.07) is 18.0. The minimum Gasteiger partial charge on any atom is -0.345 e. The molecule has 0 radical (unpaired) electrons. The maximum atomic E-state index is 6.17. The van der Waals surface area contributed by atoms with Crippen molar-refractivity contribution in [3.8, 4) is 0 Å². The predicted molar refractivity (Wildman–Crippen MR) is 99.0 cm³/mol. The van der Waals surface area contributed by atoms with Crippen molar-refractivity contribution in [2.24, 2.45) is 5.73 Å². The molecule has 3 rings (SSSR count). The molecule has 1 heterocycles. The number of fused-ring (bicyclic) bond motifs is 1. The average molecular weight is 306 g/mol. The van der Waals surface area contributed by atoms with Gasteiger partial charge in [0.1, 0.15) is 0 Å². The summed E-state index contributed by atoms with van der Waals surface area (Å²) in [5, 5.41) is 1.32. The second-order valence-corrected chi connectivity index (χ2v) is 6.49. The van der Waals surface area contributed by atoms with Crippen molar-refractivity contribution < 1.29 is 0 Å². The summed E-state index contributed by atoms with van der Waals surface area (Å²) in [6.07, 6.45) is 3.36. The maximum Gasteiger partial charge on any atom is 0.0485 e. The summed E-state index contributed by atoms with van der Waals surface area (Å²) >= 11 is 0. The fraction of sp³-hybridized carbons (Fsp3) is 0.333.